The van der Waals surface area contributed by atoms with E-state index in [-0.39, 0.29) is 23.6 Å². The predicted molar refractivity (Wildman–Crippen MR) is 99.3 cm³/mol. The number of para-hydroxylation sites is 1. The first-order valence-electron chi connectivity index (χ1n) is 9.66. The van der Waals surface area contributed by atoms with Gasteiger partial charge in [0.25, 0.3) is 0 Å². The molecule has 2 aromatic rings. The summed E-state index contributed by atoms with van der Waals surface area (Å²) in [5.41, 5.74) is 0.947. The lowest BCUT2D eigenvalue weighted by atomic mass is 9.85. The number of carbonyl (C=O) groups is 3. The highest BCUT2D eigenvalue weighted by atomic mass is 19.1. The van der Waals surface area contributed by atoms with Crippen LogP contribution in [0, 0.1) is 17.7 Å². The Labute approximate surface area is 161 Å². The van der Waals surface area contributed by atoms with Crippen molar-refractivity contribution in [1.29, 1.82) is 0 Å². The van der Waals surface area contributed by atoms with Gasteiger partial charge in [-0.3, -0.25) is 14.4 Å². The van der Waals surface area contributed by atoms with E-state index in [9.17, 15) is 18.8 Å². The third-order valence-electron chi connectivity index (χ3n) is 6.47. The van der Waals surface area contributed by atoms with E-state index < -0.39 is 23.7 Å². The monoisotopic (exact) mass is 379 g/mol. The van der Waals surface area contributed by atoms with E-state index in [4.69, 9.17) is 0 Å². The summed E-state index contributed by atoms with van der Waals surface area (Å²) in [7, 11) is 0. The number of hydrogen-bond acceptors (Lipinski definition) is 3. The van der Waals surface area contributed by atoms with Gasteiger partial charge >= 0.3 is 0 Å². The molecule has 0 aliphatic carbocycles. The maximum absolute atomic E-state index is 13.3. The van der Waals surface area contributed by atoms with Gasteiger partial charge in [0.1, 0.15) is 23.7 Å². The van der Waals surface area contributed by atoms with Crippen molar-refractivity contribution in [2.75, 3.05) is 11.4 Å². The van der Waals surface area contributed by atoms with Crippen molar-refractivity contribution in [2.24, 2.45) is 11.8 Å². The fraction of sp³-hybridized carbons (Fsp3) is 0.318. The lowest BCUT2D eigenvalue weighted by Gasteiger charge is -2.25. The summed E-state index contributed by atoms with van der Waals surface area (Å²) in [6.07, 6.45) is 1.77. The standard InChI is InChI=1S/C22H19FN2O3/c23-14-10-8-13(9-11-14)20(26)19-18-17(16-7-4-12-24(16)19)21(27)25(22(18)28)15-5-2-1-3-6-15/h1-3,5-6,8-11,16-19H,4,7,12H2/p+1/t16-,17-,18+,19-/m0/s1. The molecule has 0 saturated carbocycles. The van der Waals surface area contributed by atoms with Crippen molar-refractivity contribution >= 4 is 23.3 Å². The number of rotatable bonds is 3. The highest BCUT2D eigenvalue weighted by molar-refractivity contribution is 6.24. The van der Waals surface area contributed by atoms with E-state index in [0.717, 1.165) is 24.3 Å². The van der Waals surface area contributed by atoms with Gasteiger partial charge in [0.15, 0.2) is 6.04 Å². The van der Waals surface area contributed by atoms with Gasteiger partial charge in [-0.05, 0) is 36.4 Å². The number of fused-ring (bicyclic) bond motifs is 3. The number of nitrogens with zero attached hydrogens (tertiary/aromatic N) is 1. The number of carbonyl (C=O) groups excluding carboxylic acids is 3. The number of imide groups is 1. The molecule has 0 spiro atoms. The lowest BCUT2D eigenvalue weighted by molar-refractivity contribution is -0.915. The summed E-state index contributed by atoms with van der Waals surface area (Å²) in [6.45, 7) is 0.779. The minimum absolute atomic E-state index is 0.00967. The van der Waals surface area contributed by atoms with Gasteiger partial charge in [0.2, 0.25) is 17.6 Å². The van der Waals surface area contributed by atoms with Crippen LogP contribution < -0.4 is 9.80 Å². The van der Waals surface area contributed by atoms with E-state index in [1.165, 1.54) is 29.2 Å². The molecule has 0 aromatic heterocycles. The zero-order valence-corrected chi connectivity index (χ0v) is 15.2. The molecule has 28 heavy (non-hydrogen) atoms. The maximum atomic E-state index is 13.3. The molecule has 6 heteroatoms. The van der Waals surface area contributed by atoms with Gasteiger partial charge in [0.05, 0.1) is 12.2 Å². The van der Waals surface area contributed by atoms with Crippen LogP contribution in [0.2, 0.25) is 0 Å². The van der Waals surface area contributed by atoms with Crippen LogP contribution in [0.3, 0.4) is 0 Å². The minimum Gasteiger partial charge on any atom is -0.322 e. The largest absolute Gasteiger partial charge is 0.322 e. The Hall–Kier alpha value is -2.86. The van der Waals surface area contributed by atoms with E-state index >= 15 is 0 Å². The van der Waals surface area contributed by atoms with Crippen LogP contribution in [0.4, 0.5) is 10.1 Å². The number of Topliss-reactive ketones (excluding diaryl/α,β-unsaturated/α-hetero) is 1. The fourth-order valence-corrected chi connectivity index (χ4v) is 5.37. The van der Waals surface area contributed by atoms with Crippen LogP contribution in [-0.4, -0.2) is 36.2 Å². The average molecular weight is 379 g/mol. The highest BCUT2D eigenvalue weighted by Gasteiger charge is 2.68. The van der Waals surface area contributed by atoms with Crippen LogP contribution in [-0.2, 0) is 9.59 Å². The van der Waals surface area contributed by atoms with Gasteiger partial charge in [-0.1, -0.05) is 18.2 Å². The number of ketones is 1. The highest BCUT2D eigenvalue weighted by Crippen LogP contribution is 2.40. The summed E-state index contributed by atoms with van der Waals surface area (Å²) in [4.78, 5) is 42.1. The molecule has 2 aromatic carbocycles. The Balaban J connectivity index is 1.55. The molecule has 5 nitrogen and oxygen atoms in total. The van der Waals surface area contributed by atoms with Gasteiger partial charge < -0.3 is 4.90 Å². The molecular formula is C22H20FN2O3+. The third-order valence-corrected chi connectivity index (χ3v) is 6.47. The quantitative estimate of drug-likeness (QED) is 0.645. The molecular weight excluding hydrogens is 359 g/mol. The van der Waals surface area contributed by atoms with Gasteiger partial charge in [-0.15, -0.1) is 0 Å². The van der Waals surface area contributed by atoms with Gasteiger partial charge in [0, 0.05) is 18.4 Å². The molecule has 3 fully saturated rings. The molecule has 3 aliphatic rings. The molecule has 5 rings (SSSR count). The Morgan fingerprint density at radius 1 is 0.964 bits per heavy atom. The molecule has 142 valence electrons. The van der Waals surface area contributed by atoms with Crippen LogP contribution >= 0.6 is 0 Å². The number of quaternary nitrogens is 1. The lowest BCUT2D eigenvalue weighted by Crippen LogP contribution is -3.16. The Kier molecular flexibility index (Phi) is 3.91. The Bertz CT molecular complexity index is 960. The number of amides is 2. The van der Waals surface area contributed by atoms with Crippen molar-refractivity contribution in [2.45, 2.75) is 24.9 Å². The first kappa shape index (κ1) is 17.3. The normalized spacial score (nSPS) is 31.2. The number of hydrogen-bond donors (Lipinski definition) is 1. The molecule has 1 unspecified atom stereocenters. The summed E-state index contributed by atoms with van der Waals surface area (Å²) in [6, 6.07) is 13.7. The van der Waals surface area contributed by atoms with E-state index in [1.807, 2.05) is 6.07 Å². The van der Waals surface area contributed by atoms with Crippen LogP contribution in [0.5, 0.6) is 0 Å². The summed E-state index contributed by atoms with van der Waals surface area (Å²) in [5.74, 6) is -2.17. The number of halogens is 1. The second kappa shape index (κ2) is 6.34. The topological polar surface area (TPSA) is 58.9 Å². The van der Waals surface area contributed by atoms with Crippen molar-refractivity contribution in [3.05, 3.63) is 66.0 Å². The van der Waals surface area contributed by atoms with Gasteiger partial charge in [-0.25, -0.2) is 9.29 Å². The van der Waals surface area contributed by atoms with Crippen LogP contribution in [0.1, 0.15) is 23.2 Å². The summed E-state index contributed by atoms with van der Waals surface area (Å²) >= 11 is 0. The molecule has 0 radical (unpaired) electrons. The molecule has 0 bridgehead atoms. The number of anilines is 1. The SMILES string of the molecule is O=C(c1ccc(F)cc1)[C@@H]1[C@@H]2C(=O)N(c3ccccc3)C(=O)[C@H]2[C@@H]2CCC[NH+]12. The Morgan fingerprint density at radius 3 is 2.36 bits per heavy atom. The van der Waals surface area contributed by atoms with E-state index in [2.05, 4.69) is 0 Å². The second-order valence-electron chi connectivity index (χ2n) is 7.82. The third kappa shape index (κ3) is 2.37. The first-order chi connectivity index (χ1) is 13.6. The van der Waals surface area contributed by atoms with E-state index in [0.29, 0.717) is 11.3 Å². The first-order valence-corrected chi connectivity index (χ1v) is 9.66. The molecule has 2 amide bonds. The molecule has 3 saturated heterocycles. The summed E-state index contributed by atoms with van der Waals surface area (Å²) in [5, 5.41) is 0. The van der Waals surface area contributed by atoms with E-state index in [1.54, 1.807) is 24.3 Å². The number of benzene rings is 2. The zero-order valence-electron chi connectivity index (χ0n) is 15.2. The zero-order chi connectivity index (χ0) is 19.4. The number of nitrogens with one attached hydrogen (secondary N) is 1. The van der Waals surface area contributed by atoms with Crippen molar-refractivity contribution in [3.8, 4) is 0 Å². The Morgan fingerprint density at radius 2 is 1.64 bits per heavy atom. The fourth-order valence-electron chi connectivity index (χ4n) is 5.37. The van der Waals surface area contributed by atoms with Crippen molar-refractivity contribution < 1.29 is 23.7 Å². The molecule has 3 aliphatic heterocycles. The summed E-state index contributed by atoms with van der Waals surface area (Å²) < 4.78 is 13.3. The smallest absolute Gasteiger partial charge is 0.244 e. The predicted octanol–water partition coefficient (Wildman–Crippen LogP) is 1.24. The van der Waals surface area contributed by atoms with Crippen LogP contribution in [0.15, 0.2) is 54.6 Å². The minimum atomic E-state index is -0.648. The van der Waals surface area contributed by atoms with Crippen molar-refractivity contribution in [3.63, 3.8) is 0 Å². The molecule has 1 N–H and O–H groups in total. The van der Waals surface area contributed by atoms with Gasteiger partial charge in [-0.2, -0.15) is 0 Å². The second-order valence-corrected chi connectivity index (χ2v) is 7.82. The molecule has 3 heterocycles. The molecule has 5 atom stereocenters. The van der Waals surface area contributed by atoms with Crippen LogP contribution in [0.25, 0.3) is 0 Å². The average Bonchev–Trinajstić information content (AvgIpc) is 3.35. The van der Waals surface area contributed by atoms with Crippen molar-refractivity contribution in [1.82, 2.24) is 0 Å². The maximum Gasteiger partial charge on any atom is 0.244 e.